The van der Waals surface area contributed by atoms with Gasteiger partial charge in [0.15, 0.2) is 0 Å². The van der Waals surface area contributed by atoms with Gasteiger partial charge in [-0.05, 0) is 49.6 Å². The summed E-state index contributed by atoms with van der Waals surface area (Å²) < 4.78 is 5.49. The van der Waals surface area contributed by atoms with Crippen LogP contribution in [-0.2, 0) is 20.8 Å². The molecule has 0 saturated heterocycles. The summed E-state index contributed by atoms with van der Waals surface area (Å²) in [4.78, 5) is 42.6. The summed E-state index contributed by atoms with van der Waals surface area (Å²) in [5.41, 5.74) is 19.0. The van der Waals surface area contributed by atoms with Gasteiger partial charge in [0.25, 0.3) is 0 Å². The van der Waals surface area contributed by atoms with Gasteiger partial charge < -0.3 is 42.4 Å². The summed E-state index contributed by atoms with van der Waals surface area (Å²) in [5.74, 6) is -0.423. The molecule has 2 aromatic rings. The Kier molecular flexibility index (Phi) is 14.7. The number of hydrogen-bond acceptors (Lipinski definition) is 8. The smallest absolute Gasteiger partial charge is 0.249 e. The van der Waals surface area contributed by atoms with E-state index in [4.69, 9.17) is 21.9 Å². The van der Waals surface area contributed by atoms with Gasteiger partial charge in [-0.25, -0.2) is 0 Å². The molecule has 0 heterocycles. The van der Waals surface area contributed by atoms with Gasteiger partial charge >= 0.3 is 0 Å². The van der Waals surface area contributed by atoms with Crippen LogP contribution in [0.4, 0.5) is 5.69 Å². The fraction of sp³-hybridized carbons (Fsp3) is 0.483. The lowest BCUT2D eigenvalue weighted by Gasteiger charge is -2.27. The summed E-state index contributed by atoms with van der Waals surface area (Å²) in [7, 11) is 1.66. The molecule has 0 fully saturated rings. The minimum Gasteiger partial charge on any atom is -0.494 e. The van der Waals surface area contributed by atoms with Gasteiger partial charge in [-0.1, -0.05) is 30.3 Å². The Morgan fingerprint density at radius 2 is 1.65 bits per heavy atom. The van der Waals surface area contributed by atoms with E-state index in [0.29, 0.717) is 63.6 Å². The first-order valence-corrected chi connectivity index (χ1v) is 13.8. The van der Waals surface area contributed by atoms with Crippen LogP contribution in [0.1, 0.15) is 25.3 Å². The average Bonchev–Trinajstić information content (AvgIpc) is 2.97. The van der Waals surface area contributed by atoms with Crippen LogP contribution in [0.3, 0.4) is 0 Å². The molecule has 0 aliphatic heterocycles. The van der Waals surface area contributed by atoms with Gasteiger partial charge in [-0.2, -0.15) is 0 Å². The molecule has 0 radical (unpaired) electrons. The summed E-state index contributed by atoms with van der Waals surface area (Å²) in [6, 6.07) is 14.9. The quantitative estimate of drug-likeness (QED) is 0.163. The van der Waals surface area contributed by atoms with E-state index >= 15 is 0 Å². The highest BCUT2D eigenvalue weighted by molar-refractivity contribution is 5.99. The molecule has 0 aliphatic rings. The molecule has 2 atom stereocenters. The van der Waals surface area contributed by atoms with Gasteiger partial charge in [-0.15, -0.1) is 0 Å². The predicted octanol–water partition coefficient (Wildman–Crippen LogP) is 0.219. The maximum Gasteiger partial charge on any atom is 0.249 e. The van der Waals surface area contributed by atoms with Crippen molar-refractivity contribution in [1.82, 2.24) is 15.5 Å². The number of carbonyl (C=O) groups excluding carboxylic acids is 3. The Morgan fingerprint density at radius 1 is 0.950 bits per heavy atom. The van der Waals surface area contributed by atoms with Crippen molar-refractivity contribution in [2.45, 2.75) is 38.3 Å². The van der Waals surface area contributed by atoms with Crippen molar-refractivity contribution in [3.05, 3.63) is 60.2 Å². The number of aryl methyl sites for hydroxylation is 1. The molecular weight excluding hydrogens is 510 g/mol. The number of nitrogens with two attached hydrogens (primary N) is 3. The van der Waals surface area contributed by atoms with Gasteiger partial charge in [-0.3, -0.25) is 14.4 Å². The number of ether oxygens (including phenoxy) is 1. The lowest BCUT2D eigenvalue weighted by Crippen LogP contribution is -2.53. The predicted molar refractivity (Wildman–Crippen MR) is 158 cm³/mol. The van der Waals surface area contributed by atoms with E-state index in [1.54, 1.807) is 36.2 Å². The lowest BCUT2D eigenvalue weighted by molar-refractivity contribution is -0.135. The second kappa shape index (κ2) is 18.0. The van der Waals surface area contributed by atoms with Crippen LogP contribution < -0.4 is 37.5 Å². The Bertz CT molecular complexity index is 1040. The van der Waals surface area contributed by atoms with Crippen molar-refractivity contribution >= 4 is 23.4 Å². The van der Waals surface area contributed by atoms with Crippen LogP contribution >= 0.6 is 0 Å². The Labute approximate surface area is 237 Å². The third-order valence-electron chi connectivity index (χ3n) is 6.41. The number of anilines is 1. The largest absolute Gasteiger partial charge is 0.494 e. The first kappa shape index (κ1) is 32.7. The van der Waals surface area contributed by atoms with Gasteiger partial charge in [0.1, 0.15) is 11.8 Å². The van der Waals surface area contributed by atoms with Crippen molar-refractivity contribution in [3.8, 4) is 5.75 Å². The van der Waals surface area contributed by atoms with E-state index in [-0.39, 0.29) is 24.8 Å². The zero-order valence-corrected chi connectivity index (χ0v) is 23.7. The molecule has 0 saturated carbocycles. The van der Waals surface area contributed by atoms with E-state index in [2.05, 4.69) is 10.6 Å². The number of nitrogens with zero attached hydrogens (tertiary/aromatic N) is 2. The van der Waals surface area contributed by atoms with E-state index in [9.17, 15) is 14.4 Å². The number of carbonyl (C=O) groups is 3. The third kappa shape index (κ3) is 10.9. The second-order valence-corrected chi connectivity index (χ2v) is 9.43. The summed E-state index contributed by atoms with van der Waals surface area (Å²) >= 11 is 0. The van der Waals surface area contributed by atoms with E-state index in [1.807, 2.05) is 37.3 Å². The van der Waals surface area contributed by atoms with Crippen LogP contribution in [0.5, 0.6) is 5.75 Å². The minimum absolute atomic E-state index is 0.197. The summed E-state index contributed by atoms with van der Waals surface area (Å²) in [6.45, 7) is 5.19. The van der Waals surface area contributed by atoms with Gasteiger partial charge in [0, 0.05) is 52.0 Å². The van der Waals surface area contributed by atoms with E-state index in [1.165, 1.54) is 4.90 Å². The molecule has 3 amide bonds. The highest BCUT2D eigenvalue weighted by Gasteiger charge is 2.28. The molecule has 11 nitrogen and oxygen atoms in total. The molecule has 220 valence electrons. The first-order chi connectivity index (χ1) is 19.3. The number of nitrogens with one attached hydrogen (secondary N) is 2. The minimum atomic E-state index is -1.12. The number of amides is 3. The van der Waals surface area contributed by atoms with Crippen LogP contribution in [-0.4, -0.2) is 87.6 Å². The normalized spacial score (nSPS) is 12.3. The fourth-order valence-electron chi connectivity index (χ4n) is 4.15. The van der Waals surface area contributed by atoms with Gasteiger partial charge in [0.2, 0.25) is 17.7 Å². The zero-order chi connectivity index (χ0) is 29.3. The molecule has 0 bridgehead atoms. The SMILES string of the molecule is CCOc1ccc(N(C)C(=O)C(CCc2ccccc2)NC(=O)C(N)CC(=O)N(CCN)CCNCCN)cc1. The molecule has 2 unspecified atom stereocenters. The molecular formula is C29H45N7O4. The van der Waals surface area contributed by atoms with Crippen molar-refractivity contribution in [2.75, 3.05) is 57.8 Å². The zero-order valence-electron chi connectivity index (χ0n) is 23.7. The van der Waals surface area contributed by atoms with Gasteiger partial charge in [0.05, 0.1) is 19.1 Å². The Morgan fingerprint density at radius 3 is 2.27 bits per heavy atom. The van der Waals surface area contributed by atoms with Crippen molar-refractivity contribution in [3.63, 3.8) is 0 Å². The molecule has 0 aliphatic carbocycles. The highest BCUT2D eigenvalue weighted by Crippen LogP contribution is 2.20. The van der Waals surface area contributed by atoms with Crippen molar-refractivity contribution < 1.29 is 19.1 Å². The maximum absolute atomic E-state index is 13.6. The molecule has 40 heavy (non-hydrogen) atoms. The molecule has 8 N–H and O–H groups in total. The fourth-order valence-corrected chi connectivity index (χ4v) is 4.15. The number of benzene rings is 2. The van der Waals surface area contributed by atoms with Crippen molar-refractivity contribution in [2.24, 2.45) is 17.2 Å². The third-order valence-corrected chi connectivity index (χ3v) is 6.41. The maximum atomic E-state index is 13.6. The number of hydrogen-bond donors (Lipinski definition) is 5. The van der Waals surface area contributed by atoms with Crippen LogP contribution in [0.25, 0.3) is 0 Å². The van der Waals surface area contributed by atoms with Crippen LogP contribution in [0.2, 0.25) is 0 Å². The first-order valence-electron chi connectivity index (χ1n) is 13.8. The molecule has 2 aromatic carbocycles. The standard InChI is InChI=1S/C29H45N7O4/c1-3-40-24-12-10-23(11-13-24)35(2)29(39)26(14-9-22-7-5-4-6-8-22)34-28(38)25(32)21-27(37)36(19-16-31)20-18-33-17-15-30/h4-8,10-13,25-26,33H,3,9,14-21,30-32H2,1-2H3,(H,34,38). The lowest BCUT2D eigenvalue weighted by atomic mass is 10.0. The Balaban J connectivity index is 2.09. The highest BCUT2D eigenvalue weighted by atomic mass is 16.5. The molecule has 0 aromatic heterocycles. The monoisotopic (exact) mass is 555 g/mol. The summed E-state index contributed by atoms with van der Waals surface area (Å²) in [5, 5.41) is 5.94. The average molecular weight is 556 g/mol. The number of rotatable bonds is 18. The second-order valence-electron chi connectivity index (χ2n) is 9.43. The Hall–Kier alpha value is -3.51. The van der Waals surface area contributed by atoms with Crippen LogP contribution in [0.15, 0.2) is 54.6 Å². The van der Waals surface area contributed by atoms with E-state index < -0.39 is 18.0 Å². The topological polar surface area (TPSA) is 169 Å². The van der Waals surface area contributed by atoms with Crippen LogP contribution in [0, 0.1) is 0 Å². The number of likely N-dealkylation sites (N-methyl/N-ethyl adjacent to an activating group) is 1. The molecule has 2 rings (SSSR count). The van der Waals surface area contributed by atoms with Crippen molar-refractivity contribution in [1.29, 1.82) is 0 Å². The molecule has 0 spiro atoms. The van der Waals surface area contributed by atoms with E-state index in [0.717, 1.165) is 5.56 Å². The molecule has 11 heteroatoms. The summed E-state index contributed by atoms with van der Waals surface area (Å²) in [6.07, 6.45) is 0.739.